The van der Waals surface area contributed by atoms with Crippen LogP contribution < -0.4 is 16.0 Å². The molecule has 1 saturated heterocycles. The molecule has 1 aliphatic rings. The highest BCUT2D eigenvalue weighted by Gasteiger charge is 2.41. The fraction of sp³-hybridized carbons (Fsp3) is 0.769. The third-order valence-corrected chi connectivity index (χ3v) is 10.7. The van der Waals surface area contributed by atoms with E-state index in [9.17, 15) is 19.5 Å². The van der Waals surface area contributed by atoms with Crippen molar-refractivity contribution in [1.82, 2.24) is 25.8 Å². The highest BCUT2D eigenvalue weighted by Crippen LogP contribution is 2.29. The molecule has 1 aliphatic heterocycles. The Morgan fingerprint density at radius 1 is 0.902 bits per heavy atom. The average molecular weight is 720 g/mol. The van der Waals surface area contributed by atoms with Gasteiger partial charge in [-0.3, -0.25) is 19.3 Å². The fourth-order valence-corrected chi connectivity index (χ4v) is 7.62. The van der Waals surface area contributed by atoms with Crippen molar-refractivity contribution in [1.29, 1.82) is 0 Å². The van der Waals surface area contributed by atoms with Gasteiger partial charge in [0.15, 0.2) is 0 Å². The second-order valence-electron chi connectivity index (χ2n) is 14.8. The quantitative estimate of drug-likeness (QED) is 0.142. The van der Waals surface area contributed by atoms with E-state index in [-0.39, 0.29) is 53.9 Å². The fourth-order valence-electron chi connectivity index (χ4n) is 7.62. The summed E-state index contributed by atoms with van der Waals surface area (Å²) in [5.41, 5.74) is 0.749. The van der Waals surface area contributed by atoms with Crippen LogP contribution in [0, 0.1) is 17.8 Å². The predicted octanol–water partition coefficient (Wildman–Crippen LogP) is 3.38. The lowest BCUT2D eigenvalue weighted by Crippen LogP contribution is -2.60. The second-order valence-corrected chi connectivity index (χ2v) is 14.8. The van der Waals surface area contributed by atoms with E-state index in [1.807, 2.05) is 71.9 Å². The largest absolute Gasteiger partial charge is 0.386 e. The first kappa shape index (κ1) is 44.6. The van der Waals surface area contributed by atoms with Crippen molar-refractivity contribution < 1.29 is 33.7 Å². The zero-order chi connectivity index (χ0) is 38.4. The molecular weight excluding hydrogens is 650 g/mol. The SMILES string of the molecule is CC[C@H](OC)[C@@H]([C@@H](CCN1CCC[C@H]1[C@H](OC)[C@@H](C)C(=O)N[C@H](C)[C@@H](O)c1ccccc1)OC)N(C)C(=O)[C@@H](NC(=O)[C@@H](NC)C(C)C)C(C)C. The number of methoxy groups -OCH3 is 3. The van der Waals surface area contributed by atoms with Crippen LogP contribution in [-0.2, 0) is 28.6 Å². The van der Waals surface area contributed by atoms with E-state index >= 15 is 0 Å². The zero-order valence-corrected chi connectivity index (χ0v) is 33.3. The molecular formula is C39H69N5O7. The molecule has 0 spiro atoms. The van der Waals surface area contributed by atoms with Crippen molar-refractivity contribution in [2.45, 2.75) is 129 Å². The van der Waals surface area contributed by atoms with Crippen molar-refractivity contribution in [2.75, 3.05) is 48.5 Å². The summed E-state index contributed by atoms with van der Waals surface area (Å²) >= 11 is 0. The maximum absolute atomic E-state index is 14.2. The molecule has 0 radical (unpaired) electrons. The Kier molecular flexibility index (Phi) is 19.0. The predicted molar refractivity (Wildman–Crippen MR) is 201 cm³/mol. The van der Waals surface area contributed by atoms with Crippen LogP contribution in [0.1, 0.15) is 85.8 Å². The smallest absolute Gasteiger partial charge is 0.245 e. The van der Waals surface area contributed by atoms with Gasteiger partial charge in [-0.1, -0.05) is 71.9 Å². The number of aliphatic hydroxyl groups excluding tert-OH is 1. The van der Waals surface area contributed by atoms with Gasteiger partial charge in [-0.25, -0.2) is 0 Å². The molecule has 12 heteroatoms. The number of amides is 3. The molecule has 1 aromatic rings. The maximum atomic E-state index is 14.2. The topological polar surface area (TPSA) is 142 Å². The maximum Gasteiger partial charge on any atom is 0.245 e. The number of nitrogens with zero attached hydrogens (tertiary/aromatic N) is 2. The van der Waals surface area contributed by atoms with Gasteiger partial charge in [0, 0.05) is 41.0 Å². The van der Waals surface area contributed by atoms with Crippen molar-refractivity contribution >= 4 is 17.7 Å². The molecule has 0 aromatic heterocycles. The first-order valence-corrected chi connectivity index (χ1v) is 18.8. The number of carbonyl (C=O) groups excluding carboxylic acids is 3. The second kappa shape index (κ2) is 21.8. The van der Waals surface area contributed by atoms with Crippen LogP contribution in [0.4, 0.5) is 0 Å². The standard InChI is InChI=1S/C39H69N5O7/c1-13-30(49-10)34(43(9)39(48)33(25(4)5)42-38(47)32(40-8)24(2)3)31(50-11)21-23-44-22-17-20-29(44)36(51-12)26(6)37(46)41-27(7)35(45)28-18-15-14-16-19-28/h14-16,18-19,24-27,29-36,40,45H,13,17,20-23H2,1-12H3,(H,41,46)(H,42,47)/t26-,27-,29+,30+,31-,32+,33+,34+,35-,36-/m1/s1. The lowest BCUT2D eigenvalue weighted by Gasteiger charge is -2.41. The molecule has 10 atom stereocenters. The number of rotatable bonds is 22. The molecule has 4 N–H and O–H groups in total. The van der Waals surface area contributed by atoms with Crippen molar-refractivity contribution in [3.05, 3.63) is 35.9 Å². The minimum Gasteiger partial charge on any atom is -0.386 e. The Morgan fingerprint density at radius 3 is 2.02 bits per heavy atom. The Bertz CT molecular complexity index is 1180. The monoisotopic (exact) mass is 720 g/mol. The lowest BCUT2D eigenvalue weighted by molar-refractivity contribution is -0.146. The van der Waals surface area contributed by atoms with Crippen molar-refractivity contribution in [2.24, 2.45) is 17.8 Å². The molecule has 1 fully saturated rings. The van der Waals surface area contributed by atoms with E-state index in [0.29, 0.717) is 19.4 Å². The molecule has 0 unspecified atom stereocenters. The average Bonchev–Trinajstić information content (AvgIpc) is 3.58. The molecule has 0 bridgehead atoms. The highest BCUT2D eigenvalue weighted by atomic mass is 16.5. The number of hydrogen-bond acceptors (Lipinski definition) is 9. The van der Waals surface area contributed by atoms with Gasteiger partial charge in [0.1, 0.15) is 6.04 Å². The number of carbonyl (C=O) groups is 3. The number of aliphatic hydroxyl groups is 1. The lowest BCUT2D eigenvalue weighted by atomic mass is 9.93. The van der Waals surface area contributed by atoms with Gasteiger partial charge < -0.3 is 40.2 Å². The van der Waals surface area contributed by atoms with E-state index in [1.54, 1.807) is 47.2 Å². The normalized spacial score (nSPS) is 20.6. The van der Waals surface area contributed by atoms with E-state index in [4.69, 9.17) is 14.2 Å². The van der Waals surface area contributed by atoms with Gasteiger partial charge in [0.05, 0.1) is 48.5 Å². The molecule has 12 nitrogen and oxygen atoms in total. The van der Waals surface area contributed by atoms with Crippen LogP contribution in [0.15, 0.2) is 30.3 Å². The van der Waals surface area contributed by atoms with Gasteiger partial charge in [0.2, 0.25) is 17.7 Å². The Balaban J connectivity index is 2.21. The van der Waals surface area contributed by atoms with Crippen LogP contribution in [0.25, 0.3) is 0 Å². The number of nitrogens with one attached hydrogen (secondary N) is 3. The molecule has 2 rings (SSSR count). The van der Waals surface area contributed by atoms with E-state index < -0.39 is 36.2 Å². The third kappa shape index (κ3) is 11.9. The summed E-state index contributed by atoms with van der Waals surface area (Å²) in [7, 11) is 8.49. The zero-order valence-electron chi connectivity index (χ0n) is 33.3. The number of likely N-dealkylation sites (N-methyl/N-ethyl adjacent to an activating group) is 2. The summed E-state index contributed by atoms with van der Waals surface area (Å²) in [4.78, 5) is 44.9. The summed E-state index contributed by atoms with van der Waals surface area (Å²) in [6, 6.07) is 7.29. The first-order valence-electron chi connectivity index (χ1n) is 18.8. The molecule has 0 saturated carbocycles. The summed E-state index contributed by atoms with van der Waals surface area (Å²) in [5.74, 6) is -1.11. The Labute approximate surface area is 307 Å². The van der Waals surface area contributed by atoms with E-state index in [0.717, 1.165) is 24.9 Å². The van der Waals surface area contributed by atoms with Crippen LogP contribution >= 0.6 is 0 Å². The van der Waals surface area contributed by atoms with Gasteiger partial charge in [-0.05, 0) is 63.6 Å². The summed E-state index contributed by atoms with van der Waals surface area (Å²) in [6.07, 6.45) is 1.27. The van der Waals surface area contributed by atoms with E-state index in [1.165, 1.54) is 0 Å². The van der Waals surface area contributed by atoms with Gasteiger partial charge in [-0.15, -0.1) is 0 Å². The first-order chi connectivity index (χ1) is 24.2. The van der Waals surface area contributed by atoms with Crippen molar-refractivity contribution in [3.8, 4) is 0 Å². The minimum atomic E-state index is -0.827. The van der Waals surface area contributed by atoms with Gasteiger partial charge in [0.25, 0.3) is 0 Å². The van der Waals surface area contributed by atoms with E-state index in [2.05, 4.69) is 20.9 Å². The molecule has 51 heavy (non-hydrogen) atoms. The number of hydrogen-bond donors (Lipinski definition) is 4. The van der Waals surface area contributed by atoms with Crippen LogP contribution in [0.2, 0.25) is 0 Å². The molecule has 1 heterocycles. The summed E-state index contributed by atoms with van der Waals surface area (Å²) in [5, 5.41) is 19.9. The Morgan fingerprint density at radius 2 is 1.51 bits per heavy atom. The molecule has 1 aromatic carbocycles. The van der Waals surface area contributed by atoms with Crippen molar-refractivity contribution in [3.63, 3.8) is 0 Å². The minimum absolute atomic E-state index is 0.00595. The van der Waals surface area contributed by atoms with Gasteiger partial charge >= 0.3 is 0 Å². The summed E-state index contributed by atoms with van der Waals surface area (Å²) < 4.78 is 18.1. The molecule has 292 valence electrons. The van der Waals surface area contributed by atoms with Crippen LogP contribution in [-0.4, -0.2) is 130 Å². The third-order valence-electron chi connectivity index (χ3n) is 10.7. The van der Waals surface area contributed by atoms with Gasteiger partial charge in [-0.2, -0.15) is 0 Å². The highest BCUT2D eigenvalue weighted by molar-refractivity contribution is 5.90. The number of ether oxygens (including phenoxy) is 3. The number of likely N-dealkylation sites (tertiary alicyclic amines) is 1. The Hall–Kier alpha value is -2.61. The van der Waals surface area contributed by atoms with Crippen LogP contribution in [0.5, 0.6) is 0 Å². The van der Waals surface area contributed by atoms with Crippen LogP contribution in [0.3, 0.4) is 0 Å². The molecule has 3 amide bonds. The number of benzene rings is 1. The summed E-state index contributed by atoms with van der Waals surface area (Å²) in [6.45, 7) is 15.0. The molecule has 0 aliphatic carbocycles.